The van der Waals surface area contributed by atoms with Gasteiger partial charge in [-0.2, -0.15) is 0 Å². The lowest BCUT2D eigenvalue weighted by Gasteiger charge is -2.41. The molecule has 4 rings (SSSR count). The number of carbonyl (C=O) groups is 1. The number of piperidine rings is 2. The van der Waals surface area contributed by atoms with E-state index in [4.69, 9.17) is 0 Å². The van der Waals surface area contributed by atoms with Crippen LogP contribution in [0.1, 0.15) is 76.5 Å². The molecule has 1 aliphatic carbocycles. The minimum absolute atomic E-state index is 0.263. The van der Waals surface area contributed by atoms with Crippen LogP contribution in [-0.4, -0.2) is 57.5 Å². The lowest BCUT2D eigenvalue weighted by atomic mass is 9.88. The highest BCUT2D eigenvalue weighted by Crippen LogP contribution is 2.31. The van der Waals surface area contributed by atoms with E-state index in [9.17, 15) is 4.79 Å². The van der Waals surface area contributed by atoms with E-state index in [0.717, 1.165) is 64.4 Å². The number of nitrogens with zero attached hydrogens (tertiary/aromatic N) is 4. The van der Waals surface area contributed by atoms with Gasteiger partial charge in [-0.1, -0.05) is 19.3 Å². The Morgan fingerprint density at radius 3 is 2.37 bits per heavy atom. The van der Waals surface area contributed by atoms with Crippen LogP contribution in [0.3, 0.4) is 0 Å². The predicted octanol–water partition coefficient (Wildman–Crippen LogP) is 3.65. The molecule has 0 aromatic carbocycles. The van der Waals surface area contributed by atoms with Crippen LogP contribution < -0.4 is 0 Å². The Hall–Kier alpha value is -1.36. The van der Waals surface area contributed by atoms with Crippen molar-refractivity contribution in [3.05, 3.63) is 18.2 Å². The third-order valence-electron chi connectivity index (χ3n) is 7.23. The van der Waals surface area contributed by atoms with E-state index in [-0.39, 0.29) is 5.92 Å². The molecule has 0 bridgehead atoms. The van der Waals surface area contributed by atoms with Crippen LogP contribution in [0.2, 0.25) is 0 Å². The van der Waals surface area contributed by atoms with Crippen LogP contribution in [0.4, 0.5) is 0 Å². The Morgan fingerprint density at radius 2 is 1.70 bits per heavy atom. The molecule has 150 valence electrons. The van der Waals surface area contributed by atoms with Crippen molar-refractivity contribution in [2.75, 3.05) is 26.2 Å². The summed E-state index contributed by atoms with van der Waals surface area (Å²) in [6.45, 7) is 7.22. The maximum absolute atomic E-state index is 13.0. The number of hydrogen-bond donors (Lipinski definition) is 0. The van der Waals surface area contributed by atoms with Crippen molar-refractivity contribution in [1.29, 1.82) is 0 Å². The fourth-order valence-electron chi connectivity index (χ4n) is 5.52. The first-order valence-electron chi connectivity index (χ1n) is 11.3. The average Bonchev–Trinajstić information content (AvgIpc) is 3.23. The van der Waals surface area contributed by atoms with E-state index >= 15 is 0 Å². The number of aryl methyl sites for hydroxylation is 1. The third kappa shape index (κ3) is 4.23. The normalized spacial score (nSPS) is 24.4. The summed E-state index contributed by atoms with van der Waals surface area (Å²) in [5.74, 6) is 2.41. The van der Waals surface area contributed by atoms with E-state index in [1.54, 1.807) is 0 Å². The number of imidazole rings is 1. The predicted molar refractivity (Wildman–Crippen MR) is 108 cm³/mol. The second kappa shape index (κ2) is 8.76. The number of hydrogen-bond acceptors (Lipinski definition) is 3. The standard InChI is InChI=1S/C22H36N4O/c1-2-24-17-12-23-21(24)18-8-15-26(16-9-18)22(27)19-10-13-25(14-11-19)20-6-4-3-5-7-20/h12,17-20H,2-11,13-16H2,1H3. The molecule has 5 heteroatoms. The highest BCUT2D eigenvalue weighted by molar-refractivity contribution is 5.79. The molecule has 1 saturated carbocycles. The van der Waals surface area contributed by atoms with E-state index in [1.807, 2.05) is 6.20 Å². The van der Waals surface area contributed by atoms with E-state index in [1.165, 1.54) is 37.9 Å². The minimum atomic E-state index is 0.263. The second-order valence-corrected chi connectivity index (χ2v) is 8.77. The molecule has 5 nitrogen and oxygen atoms in total. The van der Waals surface area contributed by atoms with Crippen LogP contribution in [0.15, 0.2) is 12.4 Å². The Bertz CT molecular complexity index is 606. The number of likely N-dealkylation sites (tertiary alicyclic amines) is 2. The lowest BCUT2D eigenvalue weighted by molar-refractivity contribution is -0.138. The molecule has 0 atom stereocenters. The minimum Gasteiger partial charge on any atom is -0.342 e. The van der Waals surface area contributed by atoms with Gasteiger partial charge in [0.2, 0.25) is 5.91 Å². The molecular formula is C22H36N4O. The summed E-state index contributed by atoms with van der Waals surface area (Å²) in [6, 6.07) is 0.799. The molecular weight excluding hydrogens is 336 g/mol. The van der Waals surface area contributed by atoms with Crippen LogP contribution in [-0.2, 0) is 11.3 Å². The first-order valence-corrected chi connectivity index (χ1v) is 11.3. The van der Waals surface area contributed by atoms with E-state index < -0.39 is 0 Å². The zero-order valence-electron chi connectivity index (χ0n) is 17.0. The second-order valence-electron chi connectivity index (χ2n) is 8.77. The van der Waals surface area contributed by atoms with Crippen LogP contribution in [0.25, 0.3) is 0 Å². The maximum Gasteiger partial charge on any atom is 0.225 e. The van der Waals surface area contributed by atoms with Gasteiger partial charge in [0.25, 0.3) is 0 Å². The smallest absolute Gasteiger partial charge is 0.225 e. The fraction of sp³-hybridized carbons (Fsp3) is 0.818. The maximum atomic E-state index is 13.0. The van der Waals surface area contributed by atoms with Gasteiger partial charge in [0.1, 0.15) is 5.82 Å². The van der Waals surface area contributed by atoms with Crippen molar-refractivity contribution < 1.29 is 4.79 Å². The first-order chi connectivity index (χ1) is 13.3. The molecule has 3 fully saturated rings. The Kier molecular flexibility index (Phi) is 6.16. The summed E-state index contributed by atoms with van der Waals surface area (Å²) in [5, 5.41) is 0. The fourth-order valence-corrected chi connectivity index (χ4v) is 5.52. The van der Waals surface area contributed by atoms with Crippen LogP contribution >= 0.6 is 0 Å². The van der Waals surface area contributed by atoms with Gasteiger partial charge >= 0.3 is 0 Å². The molecule has 0 unspecified atom stereocenters. The Balaban J connectivity index is 1.25. The topological polar surface area (TPSA) is 41.4 Å². The van der Waals surface area contributed by atoms with Gasteiger partial charge in [0.15, 0.2) is 0 Å². The highest BCUT2D eigenvalue weighted by atomic mass is 16.2. The zero-order valence-corrected chi connectivity index (χ0v) is 17.0. The number of aromatic nitrogens is 2. The monoisotopic (exact) mass is 372 g/mol. The summed E-state index contributed by atoms with van der Waals surface area (Å²) < 4.78 is 2.25. The molecule has 1 amide bonds. The number of amides is 1. The van der Waals surface area contributed by atoms with Gasteiger partial charge in [-0.15, -0.1) is 0 Å². The molecule has 1 aromatic rings. The van der Waals surface area contributed by atoms with E-state index in [2.05, 4.69) is 32.5 Å². The molecule has 0 N–H and O–H groups in total. The average molecular weight is 373 g/mol. The summed E-state index contributed by atoms with van der Waals surface area (Å²) in [5.41, 5.74) is 0. The van der Waals surface area contributed by atoms with Gasteiger partial charge in [-0.05, 0) is 58.5 Å². The number of rotatable bonds is 4. The molecule has 0 radical (unpaired) electrons. The quantitative estimate of drug-likeness (QED) is 0.810. The van der Waals surface area contributed by atoms with Crippen molar-refractivity contribution in [1.82, 2.24) is 19.4 Å². The molecule has 0 spiro atoms. The molecule has 2 aliphatic heterocycles. The van der Waals surface area contributed by atoms with Crippen molar-refractivity contribution in [2.24, 2.45) is 5.92 Å². The van der Waals surface area contributed by atoms with Crippen molar-refractivity contribution in [3.8, 4) is 0 Å². The molecule has 27 heavy (non-hydrogen) atoms. The van der Waals surface area contributed by atoms with Crippen LogP contribution in [0, 0.1) is 5.92 Å². The summed E-state index contributed by atoms with van der Waals surface area (Å²) in [4.78, 5) is 22.4. The zero-order chi connectivity index (χ0) is 18.6. The van der Waals surface area contributed by atoms with Crippen molar-refractivity contribution >= 4 is 5.91 Å². The SMILES string of the molecule is CCn1ccnc1C1CCN(C(=O)C2CCN(C3CCCCC3)CC2)CC1. The Labute approximate surface area is 164 Å². The highest BCUT2D eigenvalue weighted by Gasteiger charge is 2.33. The number of carbonyl (C=O) groups excluding carboxylic acids is 1. The largest absolute Gasteiger partial charge is 0.342 e. The third-order valence-corrected chi connectivity index (χ3v) is 7.23. The van der Waals surface area contributed by atoms with E-state index in [0.29, 0.717) is 11.8 Å². The summed E-state index contributed by atoms with van der Waals surface area (Å²) >= 11 is 0. The lowest BCUT2D eigenvalue weighted by Crippen LogP contribution is -2.47. The molecule has 2 saturated heterocycles. The Morgan fingerprint density at radius 1 is 1.00 bits per heavy atom. The summed E-state index contributed by atoms with van der Waals surface area (Å²) in [7, 11) is 0. The van der Waals surface area contributed by atoms with Gasteiger partial charge < -0.3 is 14.4 Å². The molecule has 1 aromatic heterocycles. The van der Waals surface area contributed by atoms with Gasteiger partial charge in [-0.25, -0.2) is 4.98 Å². The van der Waals surface area contributed by atoms with Crippen LogP contribution in [0.5, 0.6) is 0 Å². The van der Waals surface area contributed by atoms with Gasteiger partial charge in [-0.3, -0.25) is 4.79 Å². The van der Waals surface area contributed by atoms with Gasteiger partial charge in [0, 0.05) is 49.9 Å². The molecule has 3 heterocycles. The molecule has 3 aliphatic rings. The first kappa shape index (κ1) is 19.0. The van der Waals surface area contributed by atoms with Crippen molar-refractivity contribution in [2.45, 2.75) is 83.2 Å². The van der Waals surface area contributed by atoms with Gasteiger partial charge in [0.05, 0.1) is 0 Å². The van der Waals surface area contributed by atoms with Crippen molar-refractivity contribution in [3.63, 3.8) is 0 Å². The summed E-state index contributed by atoms with van der Waals surface area (Å²) in [6.07, 6.45) is 15.2.